The molecule has 0 aromatic heterocycles. The largest absolute Gasteiger partial charge is 0.465 e. The minimum Gasteiger partial charge on any atom is -0.465 e. The maximum atomic E-state index is 13.6. The zero-order valence-corrected chi connectivity index (χ0v) is 10.6. The highest BCUT2D eigenvalue weighted by Gasteiger charge is 2.21. The number of benzene rings is 1. The summed E-state index contributed by atoms with van der Waals surface area (Å²) in [4.78, 5) is 24.3. The van der Waals surface area contributed by atoms with E-state index in [1.54, 1.807) is 11.0 Å². The molecule has 0 atom stereocenters. The Balaban J connectivity index is 2.13. The molecule has 0 unspecified atom stereocenters. The van der Waals surface area contributed by atoms with Gasteiger partial charge in [-0.25, -0.2) is 9.18 Å². The summed E-state index contributed by atoms with van der Waals surface area (Å²) in [7, 11) is 1.20. The first-order chi connectivity index (χ1) is 8.61. The minimum absolute atomic E-state index is 0.00690. The summed E-state index contributed by atoms with van der Waals surface area (Å²) in [6.07, 6.45) is 0. The molecule has 1 fully saturated rings. The van der Waals surface area contributed by atoms with Gasteiger partial charge in [-0.2, -0.15) is 0 Å². The third-order valence-corrected chi connectivity index (χ3v) is 3.55. The standard InChI is InChI=1S/C12H12FNO3S/c1-17-11(15)9-3-2-8(6-10(9)13)7-14-4-5-18-12(14)16/h2-3,6H,4-5,7H2,1H3. The van der Waals surface area contributed by atoms with Crippen molar-refractivity contribution < 1.29 is 18.7 Å². The van der Waals surface area contributed by atoms with Crippen LogP contribution in [0.4, 0.5) is 9.18 Å². The first-order valence-corrected chi connectivity index (χ1v) is 6.39. The molecule has 0 aliphatic carbocycles. The summed E-state index contributed by atoms with van der Waals surface area (Å²) in [5, 5.41) is 0.00690. The number of halogens is 1. The molecule has 4 nitrogen and oxygen atoms in total. The van der Waals surface area contributed by atoms with Gasteiger partial charge in [0.15, 0.2) is 0 Å². The Labute approximate surface area is 108 Å². The van der Waals surface area contributed by atoms with Crippen LogP contribution in [-0.2, 0) is 11.3 Å². The van der Waals surface area contributed by atoms with Crippen LogP contribution in [0.2, 0.25) is 0 Å². The molecule has 0 N–H and O–H groups in total. The molecule has 1 aromatic carbocycles. The number of carbonyl (C=O) groups excluding carboxylic acids is 2. The first-order valence-electron chi connectivity index (χ1n) is 5.40. The fourth-order valence-electron chi connectivity index (χ4n) is 1.72. The average Bonchev–Trinajstić information content (AvgIpc) is 2.74. The lowest BCUT2D eigenvalue weighted by molar-refractivity contribution is 0.0595. The first kappa shape index (κ1) is 12.9. The lowest BCUT2D eigenvalue weighted by atomic mass is 10.1. The van der Waals surface area contributed by atoms with Gasteiger partial charge in [0.1, 0.15) is 5.82 Å². The van der Waals surface area contributed by atoms with Crippen molar-refractivity contribution in [2.45, 2.75) is 6.54 Å². The number of nitrogens with zero attached hydrogens (tertiary/aromatic N) is 1. The molecule has 0 saturated carbocycles. The lowest BCUT2D eigenvalue weighted by Crippen LogP contribution is -2.22. The highest BCUT2D eigenvalue weighted by atomic mass is 32.2. The van der Waals surface area contributed by atoms with E-state index in [0.29, 0.717) is 18.7 Å². The molecule has 2 rings (SSSR count). The Bertz CT molecular complexity index is 492. The van der Waals surface area contributed by atoms with E-state index in [4.69, 9.17) is 0 Å². The Morgan fingerprint density at radius 2 is 2.33 bits per heavy atom. The quantitative estimate of drug-likeness (QED) is 0.790. The number of esters is 1. The van der Waals surface area contributed by atoms with Gasteiger partial charge in [-0.15, -0.1) is 0 Å². The number of methoxy groups -OCH3 is 1. The summed E-state index contributed by atoms with van der Waals surface area (Å²) in [6, 6.07) is 4.28. The van der Waals surface area contributed by atoms with Crippen LogP contribution in [0.5, 0.6) is 0 Å². The third kappa shape index (κ3) is 2.64. The van der Waals surface area contributed by atoms with Gasteiger partial charge in [-0.1, -0.05) is 17.8 Å². The minimum atomic E-state index is -0.702. The molecule has 0 spiro atoms. The summed E-state index contributed by atoms with van der Waals surface area (Å²) in [5.74, 6) is -0.563. The van der Waals surface area contributed by atoms with E-state index in [-0.39, 0.29) is 10.8 Å². The highest BCUT2D eigenvalue weighted by Crippen LogP contribution is 2.21. The zero-order chi connectivity index (χ0) is 13.1. The number of ether oxygens (including phenoxy) is 1. The van der Waals surface area contributed by atoms with Crippen molar-refractivity contribution >= 4 is 23.0 Å². The van der Waals surface area contributed by atoms with Gasteiger partial charge >= 0.3 is 5.97 Å². The van der Waals surface area contributed by atoms with Crippen molar-refractivity contribution in [2.75, 3.05) is 19.4 Å². The Hall–Kier alpha value is -1.56. The van der Waals surface area contributed by atoms with Gasteiger partial charge in [-0.3, -0.25) is 4.79 Å². The van der Waals surface area contributed by atoms with Crippen LogP contribution in [0.1, 0.15) is 15.9 Å². The predicted octanol–water partition coefficient (Wildman–Crippen LogP) is 2.28. The van der Waals surface area contributed by atoms with Crippen molar-refractivity contribution in [1.29, 1.82) is 0 Å². The number of hydrogen-bond donors (Lipinski definition) is 0. The molecule has 1 saturated heterocycles. The van der Waals surface area contributed by atoms with Gasteiger partial charge in [0.2, 0.25) is 0 Å². The maximum Gasteiger partial charge on any atom is 0.340 e. The second-order valence-corrected chi connectivity index (χ2v) is 4.89. The molecule has 1 heterocycles. The van der Waals surface area contributed by atoms with Crippen LogP contribution in [0.25, 0.3) is 0 Å². The molecular formula is C12H12FNO3S. The topological polar surface area (TPSA) is 46.6 Å². The predicted molar refractivity (Wildman–Crippen MR) is 66.0 cm³/mol. The number of carbonyl (C=O) groups is 2. The molecule has 1 aromatic rings. The lowest BCUT2D eigenvalue weighted by Gasteiger charge is -2.14. The van der Waals surface area contributed by atoms with E-state index >= 15 is 0 Å². The SMILES string of the molecule is COC(=O)c1ccc(CN2CCSC2=O)cc1F. The summed E-state index contributed by atoms with van der Waals surface area (Å²) in [6.45, 7) is 1.04. The number of amides is 1. The van der Waals surface area contributed by atoms with Crippen molar-refractivity contribution in [1.82, 2.24) is 4.90 Å². The van der Waals surface area contributed by atoms with Crippen LogP contribution < -0.4 is 0 Å². The Morgan fingerprint density at radius 3 is 2.89 bits per heavy atom. The summed E-state index contributed by atoms with van der Waals surface area (Å²) in [5.41, 5.74) is 0.569. The smallest absolute Gasteiger partial charge is 0.340 e. The third-order valence-electron chi connectivity index (χ3n) is 2.66. The van der Waals surface area contributed by atoms with Crippen LogP contribution >= 0.6 is 11.8 Å². The van der Waals surface area contributed by atoms with Crippen molar-refractivity contribution in [3.05, 3.63) is 35.1 Å². The molecule has 1 amide bonds. The molecule has 96 valence electrons. The number of rotatable bonds is 3. The molecule has 18 heavy (non-hydrogen) atoms. The van der Waals surface area contributed by atoms with E-state index in [1.165, 1.54) is 31.0 Å². The van der Waals surface area contributed by atoms with Crippen LogP contribution in [-0.4, -0.2) is 35.5 Å². The van der Waals surface area contributed by atoms with Gasteiger partial charge in [0.25, 0.3) is 5.24 Å². The van der Waals surface area contributed by atoms with E-state index < -0.39 is 11.8 Å². The summed E-state index contributed by atoms with van der Waals surface area (Å²) >= 11 is 1.26. The maximum absolute atomic E-state index is 13.6. The molecule has 1 aliphatic rings. The van der Waals surface area contributed by atoms with Crippen LogP contribution in [0.3, 0.4) is 0 Å². The fourth-order valence-corrected chi connectivity index (χ4v) is 2.55. The van der Waals surface area contributed by atoms with Gasteiger partial charge in [0, 0.05) is 18.8 Å². The summed E-state index contributed by atoms with van der Waals surface area (Å²) < 4.78 is 18.1. The molecule has 6 heteroatoms. The van der Waals surface area contributed by atoms with Crippen molar-refractivity contribution in [3.8, 4) is 0 Å². The zero-order valence-electron chi connectivity index (χ0n) is 9.81. The molecule has 1 aliphatic heterocycles. The van der Waals surface area contributed by atoms with Gasteiger partial charge in [-0.05, 0) is 17.7 Å². The van der Waals surface area contributed by atoms with Crippen molar-refractivity contribution in [2.24, 2.45) is 0 Å². The van der Waals surface area contributed by atoms with E-state index in [0.717, 1.165) is 5.75 Å². The molecular weight excluding hydrogens is 257 g/mol. The molecule has 0 bridgehead atoms. The second-order valence-electron chi connectivity index (χ2n) is 3.84. The number of thioether (sulfide) groups is 1. The van der Waals surface area contributed by atoms with Gasteiger partial charge < -0.3 is 9.64 Å². The van der Waals surface area contributed by atoms with Crippen molar-refractivity contribution in [3.63, 3.8) is 0 Å². The van der Waals surface area contributed by atoms with Gasteiger partial charge in [0.05, 0.1) is 12.7 Å². The van der Waals surface area contributed by atoms with E-state index in [2.05, 4.69) is 4.74 Å². The van der Waals surface area contributed by atoms with E-state index in [9.17, 15) is 14.0 Å². The highest BCUT2D eigenvalue weighted by molar-refractivity contribution is 8.13. The fraction of sp³-hybridized carbons (Fsp3) is 0.333. The van der Waals surface area contributed by atoms with Crippen LogP contribution in [0, 0.1) is 5.82 Å². The normalized spacial score (nSPS) is 15.0. The van der Waals surface area contributed by atoms with E-state index in [1.807, 2.05) is 0 Å². The second kappa shape index (κ2) is 5.39. The molecule has 0 radical (unpaired) electrons. The monoisotopic (exact) mass is 269 g/mol. The average molecular weight is 269 g/mol. The number of hydrogen-bond acceptors (Lipinski definition) is 4. The Kier molecular flexibility index (Phi) is 3.86. The Morgan fingerprint density at radius 1 is 1.56 bits per heavy atom. The van der Waals surface area contributed by atoms with Crippen LogP contribution in [0.15, 0.2) is 18.2 Å².